The average Bonchev–Trinajstić information content (AvgIpc) is 2.64. The Balaban J connectivity index is 2.55. The molecule has 1 aromatic carbocycles. The lowest BCUT2D eigenvalue weighted by molar-refractivity contribution is 0.0682. The fourth-order valence-corrected chi connectivity index (χ4v) is 2.05. The van der Waals surface area contributed by atoms with Crippen LogP contribution in [-0.2, 0) is 0 Å². The van der Waals surface area contributed by atoms with Gasteiger partial charge in [0.1, 0.15) is 0 Å². The molecule has 0 fully saturated rings. The molecule has 4 nitrogen and oxygen atoms in total. The lowest BCUT2D eigenvalue weighted by atomic mass is 10.1. The first-order valence-electron chi connectivity index (χ1n) is 5.24. The summed E-state index contributed by atoms with van der Waals surface area (Å²) in [5.41, 5.74) is 0.429. The van der Waals surface area contributed by atoms with Crippen LogP contribution in [0, 0.1) is 6.08 Å². The average molecular weight is 269 g/mol. The van der Waals surface area contributed by atoms with Crippen molar-refractivity contribution < 1.29 is 14.3 Å². The van der Waals surface area contributed by atoms with Gasteiger partial charge >= 0.3 is 5.97 Å². The molecule has 18 heavy (non-hydrogen) atoms. The molecule has 0 amide bonds. The quantitative estimate of drug-likeness (QED) is 0.931. The van der Waals surface area contributed by atoms with E-state index in [-0.39, 0.29) is 10.8 Å². The van der Waals surface area contributed by atoms with E-state index in [1.54, 1.807) is 31.2 Å². The number of nitrogens with zero attached hydrogens (tertiary/aromatic N) is 2. The molecule has 0 unspecified atom stereocenters. The van der Waals surface area contributed by atoms with Crippen LogP contribution in [0.3, 0.4) is 0 Å². The number of benzene rings is 1. The van der Waals surface area contributed by atoms with Gasteiger partial charge in [0.25, 0.3) is 6.08 Å². The van der Waals surface area contributed by atoms with Crippen molar-refractivity contribution in [3.8, 4) is 0 Å². The molecule has 2 aromatic rings. The van der Waals surface area contributed by atoms with E-state index < -0.39 is 18.1 Å². The fourth-order valence-electron chi connectivity index (χ4n) is 1.80. The van der Waals surface area contributed by atoms with E-state index in [0.29, 0.717) is 0 Å². The zero-order valence-electron chi connectivity index (χ0n) is 9.47. The topological polar surface area (TPSA) is 55.1 Å². The van der Waals surface area contributed by atoms with Gasteiger partial charge in [0.2, 0.25) is 0 Å². The highest BCUT2D eigenvalue weighted by Gasteiger charge is 2.25. The zero-order chi connectivity index (χ0) is 13.3. The maximum absolute atomic E-state index is 13.7. The molecule has 1 aromatic heterocycles. The Labute approximate surface area is 108 Å². The van der Waals surface area contributed by atoms with Crippen LogP contribution >= 0.6 is 11.6 Å². The Morgan fingerprint density at radius 3 is 2.61 bits per heavy atom. The highest BCUT2D eigenvalue weighted by Crippen LogP contribution is 2.25. The third-order valence-electron chi connectivity index (χ3n) is 2.70. The van der Waals surface area contributed by atoms with E-state index in [1.807, 2.05) is 6.07 Å². The molecule has 0 aliphatic carbocycles. The molecule has 0 aliphatic rings. The molecule has 0 aliphatic heterocycles. The van der Waals surface area contributed by atoms with E-state index in [0.717, 1.165) is 10.1 Å². The van der Waals surface area contributed by atoms with Crippen LogP contribution in [-0.4, -0.2) is 20.6 Å². The second-order valence-corrected chi connectivity index (χ2v) is 4.14. The Bertz CT molecular complexity index is 583. The molecular weight excluding hydrogens is 259 g/mol. The first-order chi connectivity index (χ1) is 8.52. The van der Waals surface area contributed by atoms with Gasteiger partial charge in [-0.05, 0) is 12.5 Å². The summed E-state index contributed by atoms with van der Waals surface area (Å²) >= 11 is 5.62. The van der Waals surface area contributed by atoms with Crippen LogP contribution in [0.15, 0.2) is 30.3 Å². The number of hydrogen-bond acceptors (Lipinski definition) is 2. The van der Waals surface area contributed by atoms with Crippen LogP contribution in [0.1, 0.15) is 29.0 Å². The molecule has 0 bridgehead atoms. The van der Waals surface area contributed by atoms with E-state index >= 15 is 0 Å². The smallest absolute Gasteiger partial charge is 0.355 e. The van der Waals surface area contributed by atoms with E-state index in [2.05, 4.69) is 4.98 Å². The minimum absolute atomic E-state index is 0.342. The molecule has 0 saturated carbocycles. The molecule has 2 rings (SSSR count). The summed E-state index contributed by atoms with van der Waals surface area (Å²) in [6.45, 7) is 1.68. The Kier molecular flexibility index (Phi) is 3.34. The SMILES string of the molecule is C[C@H](c1ccccc1)n1c(F)nc(Cl)c1C(=O)O. The number of carbonyl (C=O) groups is 1. The van der Waals surface area contributed by atoms with Crippen molar-refractivity contribution in [2.75, 3.05) is 0 Å². The maximum atomic E-state index is 13.7. The van der Waals surface area contributed by atoms with Crippen molar-refractivity contribution in [1.82, 2.24) is 9.55 Å². The van der Waals surface area contributed by atoms with Crippen molar-refractivity contribution >= 4 is 17.6 Å². The molecule has 1 N–H and O–H groups in total. The molecule has 0 spiro atoms. The highest BCUT2D eigenvalue weighted by molar-refractivity contribution is 6.32. The molecule has 0 radical (unpaired) electrons. The van der Waals surface area contributed by atoms with Crippen molar-refractivity contribution in [3.63, 3.8) is 0 Å². The third-order valence-corrected chi connectivity index (χ3v) is 2.96. The maximum Gasteiger partial charge on any atom is 0.355 e. The van der Waals surface area contributed by atoms with Crippen LogP contribution in [0.4, 0.5) is 4.39 Å². The number of carboxylic acid groups (broad SMARTS) is 1. The lowest BCUT2D eigenvalue weighted by Crippen LogP contribution is -2.16. The van der Waals surface area contributed by atoms with Crippen LogP contribution < -0.4 is 0 Å². The summed E-state index contributed by atoms with van der Waals surface area (Å²) in [5, 5.41) is 8.70. The first-order valence-corrected chi connectivity index (χ1v) is 5.61. The first kappa shape index (κ1) is 12.6. The molecule has 0 saturated heterocycles. The van der Waals surface area contributed by atoms with Gasteiger partial charge in [-0.1, -0.05) is 41.9 Å². The van der Waals surface area contributed by atoms with E-state index in [1.165, 1.54) is 0 Å². The van der Waals surface area contributed by atoms with Gasteiger partial charge in [-0.15, -0.1) is 0 Å². The predicted molar refractivity (Wildman–Crippen MR) is 64.4 cm³/mol. The van der Waals surface area contributed by atoms with Crippen LogP contribution in [0.25, 0.3) is 0 Å². The van der Waals surface area contributed by atoms with Gasteiger partial charge in [-0.25, -0.2) is 4.79 Å². The summed E-state index contributed by atoms with van der Waals surface area (Å²) in [4.78, 5) is 14.4. The monoisotopic (exact) mass is 268 g/mol. The minimum atomic E-state index is -1.31. The third kappa shape index (κ3) is 2.09. The number of carboxylic acids is 1. The minimum Gasteiger partial charge on any atom is -0.476 e. The second kappa shape index (κ2) is 4.78. The summed E-state index contributed by atoms with van der Waals surface area (Å²) in [6, 6.07) is 8.47. The Morgan fingerprint density at radius 1 is 1.44 bits per heavy atom. The van der Waals surface area contributed by atoms with E-state index in [4.69, 9.17) is 16.7 Å². The summed E-state index contributed by atoms with van der Waals surface area (Å²) in [6.07, 6.45) is -0.909. The molecule has 6 heteroatoms. The van der Waals surface area contributed by atoms with Crippen molar-refractivity contribution in [3.05, 3.63) is 52.8 Å². The largest absolute Gasteiger partial charge is 0.476 e. The predicted octanol–water partition coefficient (Wildman–Crippen LogP) is 2.98. The van der Waals surface area contributed by atoms with Crippen molar-refractivity contribution in [2.24, 2.45) is 0 Å². The molecular formula is C12H10ClFN2O2. The van der Waals surface area contributed by atoms with Crippen LogP contribution in [0.2, 0.25) is 5.15 Å². The summed E-state index contributed by atoms with van der Waals surface area (Å²) < 4.78 is 14.6. The number of imidazole rings is 1. The van der Waals surface area contributed by atoms with Gasteiger partial charge in [0, 0.05) is 0 Å². The summed E-state index contributed by atoms with van der Waals surface area (Å²) in [5.74, 6) is -1.31. The number of hydrogen-bond donors (Lipinski definition) is 1. The van der Waals surface area contributed by atoms with Crippen molar-refractivity contribution in [2.45, 2.75) is 13.0 Å². The number of halogens is 2. The molecule has 94 valence electrons. The number of aromatic nitrogens is 2. The fraction of sp³-hybridized carbons (Fsp3) is 0.167. The molecule has 1 heterocycles. The molecule has 1 atom stereocenters. The second-order valence-electron chi connectivity index (χ2n) is 3.78. The zero-order valence-corrected chi connectivity index (χ0v) is 10.2. The van der Waals surface area contributed by atoms with Gasteiger partial charge in [0.15, 0.2) is 10.8 Å². The van der Waals surface area contributed by atoms with Gasteiger partial charge in [-0.2, -0.15) is 9.37 Å². The summed E-state index contributed by atoms with van der Waals surface area (Å²) in [7, 11) is 0. The lowest BCUT2D eigenvalue weighted by Gasteiger charge is -2.15. The number of aromatic carboxylic acids is 1. The van der Waals surface area contributed by atoms with E-state index in [9.17, 15) is 9.18 Å². The Morgan fingerprint density at radius 2 is 2.06 bits per heavy atom. The Hall–Kier alpha value is -1.88. The normalized spacial score (nSPS) is 12.4. The highest BCUT2D eigenvalue weighted by atomic mass is 35.5. The van der Waals surface area contributed by atoms with Crippen molar-refractivity contribution in [1.29, 1.82) is 0 Å². The number of rotatable bonds is 3. The van der Waals surface area contributed by atoms with Gasteiger partial charge in [-0.3, -0.25) is 4.57 Å². The standard InChI is InChI=1S/C12H10ClFN2O2/c1-7(8-5-3-2-4-6-8)16-9(11(17)18)10(13)15-12(16)14/h2-7H,1H3,(H,17,18)/t7-/m1/s1. The van der Waals surface area contributed by atoms with Crippen LogP contribution in [0.5, 0.6) is 0 Å². The van der Waals surface area contributed by atoms with Gasteiger partial charge in [0.05, 0.1) is 6.04 Å². The van der Waals surface area contributed by atoms with Gasteiger partial charge < -0.3 is 5.11 Å².